The van der Waals surface area contributed by atoms with E-state index in [9.17, 15) is 8.42 Å². The summed E-state index contributed by atoms with van der Waals surface area (Å²) in [6.07, 6.45) is 0. The third-order valence-corrected chi connectivity index (χ3v) is 1.73. The molecule has 0 saturated heterocycles. The van der Waals surface area contributed by atoms with E-state index in [0.717, 1.165) is 0 Å². The van der Waals surface area contributed by atoms with Crippen LogP contribution in [0.5, 0.6) is 0 Å². The Morgan fingerprint density at radius 2 is 2.00 bits per heavy atom. The van der Waals surface area contributed by atoms with Crippen LogP contribution in [0.2, 0.25) is 0 Å². The smallest absolute Gasteiger partial charge is 0.269 e. The van der Waals surface area contributed by atoms with Gasteiger partial charge in [0.1, 0.15) is 5.69 Å². The van der Waals surface area contributed by atoms with Gasteiger partial charge >= 0.3 is 10.3 Å². The predicted octanol–water partition coefficient (Wildman–Crippen LogP) is 0.785. The summed E-state index contributed by atoms with van der Waals surface area (Å²) in [5.74, 6) is 0. The first-order valence-electron chi connectivity index (χ1n) is 3.22. The van der Waals surface area contributed by atoms with Crippen LogP contribution in [0.3, 0.4) is 0 Å². The SMILES string of the molecule is [N]=Nc1ccccc1NS(=O)(=O)O. The van der Waals surface area contributed by atoms with E-state index < -0.39 is 10.3 Å². The standard InChI is InChI=1S/C6H6N3O3S/c7-8-5-3-1-2-4-6(5)9-13(10,11)12/h1-4,9H,(H,10,11,12). The molecule has 0 aliphatic heterocycles. The van der Waals surface area contributed by atoms with Crippen molar-refractivity contribution in [1.82, 2.24) is 5.53 Å². The Morgan fingerprint density at radius 3 is 2.54 bits per heavy atom. The molecular formula is C6H6N3O3S. The van der Waals surface area contributed by atoms with Gasteiger partial charge in [-0.05, 0) is 17.7 Å². The van der Waals surface area contributed by atoms with Crippen molar-refractivity contribution >= 4 is 21.7 Å². The maximum atomic E-state index is 10.4. The van der Waals surface area contributed by atoms with E-state index in [-0.39, 0.29) is 11.4 Å². The van der Waals surface area contributed by atoms with Crippen molar-refractivity contribution in [3.05, 3.63) is 24.3 Å². The molecule has 7 heteroatoms. The van der Waals surface area contributed by atoms with Crippen LogP contribution in [0, 0.1) is 0 Å². The van der Waals surface area contributed by atoms with Gasteiger partial charge in [-0.3, -0.25) is 9.27 Å². The molecule has 1 rings (SSSR count). The van der Waals surface area contributed by atoms with Crippen molar-refractivity contribution in [2.75, 3.05) is 4.72 Å². The maximum Gasteiger partial charge on any atom is 0.357 e. The van der Waals surface area contributed by atoms with E-state index in [4.69, 9.17) is 10.1 Å². The van der Waals surface area contributed by atoms with Crippen LogP contribution in [-0.2, 0) is 10.3 Å². The molecule has 0 saturated carbocycles. The van der Waals surface area contributed by atoms with Gasteiger partial charge in [-0.15, -0.1) is 5.11 Å². The van der Waals surface area contributed by atoms with Crippen molar-refractivity contribution in [1.29, 1.82) is 0 Å². The summed E-state index contributed by atoms with van der Waals surface area (Å²) in [6, 6.07) is 5.82. The van der Waals surface area contributed by atoms with Gasteiger partial charge in [0.25, 0.3) is 0 Å². The van der Waals surface area contributed by atoms with E-state index in [2.05, 4.69) is 5.11 Å². The van der Waals surface area contributed by atoms with Crippen LogP contribution in [0.1, 0.15) is 0 Å². The Morgan fingerprint density at radius 1 is 1.38 bits per heavy atom. The minimum Gasteiger partial charge on any atom is -0.269 e. The number of para-hydroxylation sites is 1. The monoisotopic (exact) mass is 200 g/mol. The van der Waals surface area contributed by atoms with E-state index in [1.165, 1.54) is 18.2 Å². The van der Waals surface area contributed by atoms with Gasteiger partial charge in [-0.2, -0.15) is 8.42 Å². The fraction of sp³-hybridized carbons (Fsp3) is 0. The zero-order chi connectivity index (χ0) is 9.90. The number of anilines is 1. The first-order chi connectivity index (χ1) is 6.03. The molecule has 13 heavy (non-hydrogen) atoms. The molecular weight excluding hydrogens is 194 g/mol. The van der Waals surface area contributed by atoms with Crippen LogP contribution in [0.4, 0.5) is 11.4 Å². The fourth-order valence-electron chi connectivity index (χ4n) is 0.786. The highest BCUT2D eigenvalue weighted by Crippen LogP contribution is 2.23. The van der Waals surface area contributed by atoms with Crippen molar-refractivity contribution in [3.8, 4) is 0 Å². The number of rotatable bonds is 3. The highest BCUT2D eigenvalue weighted by atomic mass is 32.2. The Balaban J connectivity index is 3.08. The molecule has 6 nitrogen and oxygen atoms in total. The average molecular weight is 200 g/mol. The Hall–Kier alpha value is -1.47. The normalized spacial score (nSPS) is 10.8. The van der Waals surface area contributed by atoms with Gasteiger partial charge in [0, 0.05) is 0 Å². The lowest BCUT2D eigenvalue weighted by Gasteiger charge is -2.03. The van der Waals surface area contributed by atoms with Crippen molar-refractivity contribution in [3.63, 3.8) is 0 Å². The topological polar surface area (TPSA) is 101 Å². The number of nitrogens with zero attached hydrogens (tertiary/aromatic N) is 2. The largest absolute Gasteiger partial charge is 0.357 e. The molecule has 2 N–H and O–H groups in total. The quantitative estimate of drug-likeness (QED) is 0.556. The molecule has 1 aromatic rings. The van der Waals surface area contributed by atoms with Crippen LogP contribution in [0.15, 0.2) is 29.4 Å². The second-order valence-corrected chi connectivity index (χ2v) is 3.35. The van der Waals surface area contributed by atoms with Gasteiger partial charge in [0.15, 0.2) is 0 Å². The molecule has 0 atom stereocenters. The number of nitrogens with one attached hydrogen (secondary N) is 1. The summed E-state index contributed by atoms with van der Waals surface area (Å²) in [6.45, 7) is 0. The van der Waals surface area contributed by atoms with E-state index in [1.54, 1.807) is 10.8 Å². The highest BCUT2D eigenvalue weighted by Gasteiger charge is 2.07. The third kappa shape index (κ3) is 2.80. The van der Waals surface area contributed by atoms with Gasteiger partial charge < -0.3 is 0 Å². The number of hydrogen-bond acceptors (Lipinski definition) is 3. The van der Waals surface area contributed by atoms with E-state index in [1.807, 2.05) is 0 Å². The molecule has 0 aromatic heterocycles. The fourth-order valence-corrected chi connectivity index (χ4v) is 1.24. The molecule has 0 aliphatic rings. The molecule has 1 radical (unpaired) electrons. The third-order valence-electron chi connectivity index (χ3n) is 1.25. The summed E-state index contributed by atoms with van der Waals surface area (Å²) in [5, 5.41) is 2.82. The molecule has 69 valence electrons. The van der Waals surface area contributed by atoms with Crippen molar-refractivity contribution in [2.45, 2.75) is 0 Å². The average Bonchev–Trinajstić information content (AvgIpc) is 2.02. The first-order valence-corrected chi connectivity index (χ1v) is 4.66. The molecule has 0 fully saturated rings. The summed E-state index contributed by atoms with van der Waals surface area (Å²) in [7, 11) is -4.33. The molecule has 0 amide bonds. The van der Waals surface area contributed by atoms with Crippen LogP contribution >= 0.6 is 0 Å². The first kappa shape index (κ1) is 9.62. The maximum absolute atomic E-state index is 10.4. The Bertz CT molecular complexity index is 415. The summed E-state index contributed by atoms with van der Waals surface area (Å²) < 4.78 is 31.0. The summed E-state index contributed by atoms with van der Waals surface area (Å²) in [4.78, 5) is 0. The van der Waals surface area contributed by atoms with Gasteiger partial charge in [0.2, 0.25) is 0 Å². The van der Waals surface area contributed by atoms with Gasteiger partial charge in [-0.25, -0.2) is 0 Å². The van der Waals surface area contributed by atoms with Crippen LogP contribution in [-0.4, -0.2) is 13.0 Å². The second-order valence-electron chi connectivity index (χ2n) is 2.19. The van der Waals surface area contributed by atoms with E-state index in [0.29, 0.717) is 0 Å². The zero-order valence-electron chi connectivity index (χ0n) is 6.38. The van der Waals surface area contributed by atoms with Crippen LogP contribution < -0.4 is 10.3 Å². The second kappa shape index (κ2) is 3.50. The van der Waals surface area contributed by atoms with Crippen LogP contribution in [0.25, 0.3) is 0 Å². The molecule has 0 bridgehead atoms. The lowest BCUT2D eigenvalue weighted by Crippen LogP contribution is -2.10. The predicted molar refractivity (Wildman–Crippen MR) is 45.8 cm³/mol. The van der Waals surface area contributed by atoms with E-state index >= 15 is 0 Å². The lowest BCUT2D eigenvalue weighted by molar-refractivity contribution is 0.490. The zero-order valence-corrected chi connectivity index (χ0v) is 7.19. The lowest BCUT2D eigenvalue weighted by atomic mass is 10.3. The minimum absolute atomic E-state index is 0.00694. The van der Waals surface area contributed by atoms with Crippen molar-refractivity contribution < 1.29 is 13.0 Å². The summed E-state index contributed by atoms with van der Waals surface area (Å²) in [5.41, 5.74) is 8.46. The Kier molecular flexibility index (Phi) is 2.59. The number of benzene rings is 1. The van der Waals surface area contributed by atoms with Gasteiger partial charge in [0.05, 0.1) is 5.69 Å². The molecule has 0 heterocycles. The number of hydrogen-bond donors (Lipinski definition) is 2. The highest BCUT2D eigenvalue weighted by molar-refractivity contribution is 7.87. The van der Waals surface area contributed by atoms with Gasteiger partial charge in [-0.1, -0.05) is 12.1 Å². The summed E-state index contributed by atoms with van der Waals surface area (Å²) >= 11 is 0. The molecule has 0 unspecified atom stereocenters. The van der Waals surface area contributed by atoms with Crippen molar-refractivity contribution in [2.24, 2.45) is 5.11 Å². The molecule has 0 spiro atoms. The minimum atomic E-state index is -4.33. The molecule has 1 aromatic carbocycles. The Labute approximate surface area is 75.0 Å². The molecule has 0 aliphatic carbocycles.